The number of carbonyl (C=O) groups excluding carboxylic acids is 2. The SMILES string of the molecule is COC(=O)c1cnc(NNC(=O)C(Cl)=C(Cl)Cl)nc1C(F)(F)F. The van der Waals surface area contributed by atoms with Crippen molar-refractivity contribution < 1.29 is 27.5 Å². The maximum atomic E-state index is 12.9. The third kappa shape index (κ3) is 5.12. The van der Waals surface area contributed by atoms with Crippen LogP contribution in [0.5, 0.6) is 0 Å². The molecule has 2 N–H and O–H groups in total. The molecule has 0 atom stereocenters. The lowest BCUT2D eigenvalue weighted by Crippen LogP contribution is -2.31. The van der Waals surface area contributed by atoms with Gasteiger partial charge in [0.1, 0.15) is 15.1 Å². The van der Waals surface area contributed by atoms with E-state index in [2.05, 4.69) is 14.7 Å². The number of hydrazine groups is 1. The van der Waals surface area contributed by atoms with Crippen LogP contribution in [-0.4, -0.2) is 29.0 Å². The molecule has 0 aliphatic heterocycles. The quantitative estimate of drug-likeness (QED) is 0.464. The number of amides is 1. The zero-order valence-electron chi connectivity index (χ0n) is 11.0. The van der Waals surface area contributed by atoms with Crippen molar-refractivity contribution in [3.63, 3.8) is 0 Å². The standard InChI is InChI=1S/C10H6Cl3F3N4O3/c1-23-8(22)3-2-17-9(18-5(3)10(14,15)16)20-19-7(21)4(11)6(12)13/h2H,1H3,(H,19,21)(H,17,18,20). The molecule has 1 rings (SSSR count). The molecule has 13 heteroatoms. The molecule has 0 fully saturated rings. The van der Waals surface area contributed by atoms with Crippen LogP contribution in [0.1, 0.15) is 16.1 Å². The Morgan fingerprint density at radius 2 is 1.87 bits per heavy atom. The highest BCUT2D eigenvalue weighted by atomic mass is 35.5. The number of nitrogens with zero attached hydrogens (tertiary/aromatic N) is 2. The maximum Gasteiger partial charge on any atom is 0.434 e. The maximum absolute atomic E-state index is 12.9. The number of halogens is 6. The molecule has 0 spiro atoms. The second-order valence-electron chi connectivity index (χ2n) is 3.60. The molecule has 1 amide bonds. The summed E-state index contributed by atoms with van der Waals surface area (Å²) < 4.78 is 42.3. The lowest BCUT2D eigenvalue weighted by Gasteiger charge is -2.12. The van der Waals surface area contributed by atoms with E-state index >= 15 is 0 Å². The topological polar surface area (TPSA) is 93.2 Å². The number of carbonyl (C=O) groups is 2. The third-order valence-corrected chi connectivity index (χ3v) is 3.05. The Labute approximate surface area is 141 Å². The molecular weight excluding hydrogens is 387 g/mol. The zero-order valence-corrected chi connectivity index (χ0v) is 13.2. The number of anilines is 1. The summed E-state index contributed by atoms with van der Waals surface area (Å²) in [6, 6.07) is 0. The first-order valence-corrected chi connectivity index (χ1v) is 6.51. The third-order valence-electron chi connectivity index (χ3n) is 2.12. The molecule has 0 radical (unpaired) electrons. The Balaban J connectivity index is 3.05. The van der Waals surface area contributed by atoms with Gasteiger partial charge in [-0.3, -0.25) is 15.6 Å². The number of ether oxygens (including phenoxy) is 1. The van der Waals surface area contributed by atoms with Crippen molar-refractivity contribution >= 4 is 52.6 Å². The van der Waals surface area contributed by atoms with Gasteiger partial charge in [-0.2, -0.15) is 13.2 Å². The van der Waals surface area contributed by atoms with Gasteiger partial charge in [0.2, 0.25) is 5.95 Å². The predicted octanol–water partition coefficient (Wildman–Crippen LogP) is 2.61. The molecular formula is C10H6Cl3F3N4O3. The van der Waals surface area contributed by atoms with E-state index in [1.807, 2.05) is 10.9 Å². The Hall–Kier alpha value is -1.78. The van der Waals surface area contributed by atoms with Gasteiger partial charge in [-0.05, 0) is 0 Å². The molecule has 23 heavy (non-hydrogen) atoms. The van der Waals surface area contributed by atoms with Crippen molar-refractivity contribution in [1.82, 2.24) is 15.4 Å². The van der Waals surface area contributed by atoms with Crippen LogP contribution in [0.15, 0.2) is 15.7 Å². The van der Waals surface area contributed by atoms with Gasteiger partial charge < -0.3 is 4.74 Å². The molecule has 0 aromatic carbocycles. The van der Waals surface area contributed by atoms with Crippen LogP contribution in [0.25, 0.3) is 0 Å². The molecule has 0 aliphatic carbocycles. The van der Waals surface area contributed by atoms with Gasteiger partial charge in [-0.25, -0.2) is 14.8 Å². The van der Waals surface area contributed by atoms with Crippen LogP contribution in [0.3, 0.4) is 0 Å². The molecule has 0 saturated carbocycles. The van der Waals surface area contributed by atoms with Gasteiger partial charge >= 0.3 is 12.1 Å². The Morgan fingerprint density at radius 3 is 2.35 bits per heavy atom. The van der Waals surface area contributed by atoms with Crippen molar-refractivity contribution in [3.05, 3.63) is 27.0 Å². The fourth-order valence-electron chi connectivity index (χ4n) is 1.17. The Kier molecular flexibility index (Phi) is 6.42. The van der Waals surface area contributed by atoms with Crippen molar-refractivity contribution in [1.29, 1.82) is 0 Å². The van der Waals surface area contributed by atoms with Gasteiger partial charge in [0.05, 0.1) is 7.11 Å². The smallest absolute Gasteiger partial charge is 0.434 e. The molecule has 0 saturated heterocycles. The minimum atomic E-state index is -4.95. The van der Waals surface area contributed by atoms with Gasteiger partial charge in [-0.15, -0.1) is 0 Å². The average Bonchev–Trinajstić information content (AvgIpc) is 2.49. The molecule has 0 unspecified atom stereocenters. The molecule has 1 aromatic heterocycles. The molecule has 7 nitrogen and oxygen atoms in total. The van der Waals surface area contributed by atoms with E-state index in [0.717, 1.165) is 7.11 Å². The summed E-state index contributed by atoms with van der Waals surface area (Å²) in [5, 5.41) is -0.608. The van der Waals surface area contributed by atoms with E-state index in [1.54, 1.807) is 0 Å². The number of esters is 1. The first kappa shape index (κ1) is 19.3. The fraction of sp³-hybridized carbons (Fsp3) is 0.200. The summed E-state index contributed by atoms with van der Waals surface area (Å²) >= 11 is 15.9. The summed E-state index contributed by atoms with van der Waals surface area (Å²) in [4.78, 5) is 29.2. The molecule has 0 bridgehead atoms. The summed E-state index contributed by atoms with van der Waals surface area (Å²) in [7, 11) is 0.902. The summed E-state index contributed by atoms with van der Waals surface area (Å²) in [6.45, 7) is 0. The highest BCUT2D eigenvalue weighted by Gasteiger charge is 2.38. The molecule has 126 valence electrons. The first-order chi connectivity index (χ1) is 10.6. The van der Waals surface area contributed by atoms with Gasteiger partial charge in [0, 0.05) is 6.20 Å². The highest BCUT2D eigenvalue weighted by molar-refractivity contribution is 6.62. The monoisotopic (exact) mass is 392 g/mol. The van der Waals surface area contributed by atoms with Crippen molar-refractivity contribution in [2.24, 2.45) is 0 Å². The van der Waals surface area contributed by atoms with Crippen LogP contribution in [-0.2, 0) is 15.7 Å². The van der Waals surface area contributed by atoms with Crippen LogP contribution < -0.4 is 10.9 Å². The van der Waals surface area contributed by atoms with Crippen molar-refractivity contribution in [2.45, 2.75) is 6.18 Å². The average molecular weight is 394 g/mol. The van der Waals surface area contributed by atoms with E-state index in [1.165, 1.54) is 0 Å². The molecule has 1 aromatic rings. The number of methoxy groups -OCH3 is 1. The summed E-state index contributed by atoms with van der Waals surface area (Å²) in [5.74, 6) is -2.97. The van der Waals surface area contributed by atoms with Crippen molar-refractivity contribution in [3.8, 4) is 0 Å². The summed E-state index contributed by atoms with van der Waals surface area (Å²) in [6.07, 6.45) is -4.37. The number of alkyl halides is 3. The van der Waals surface area contributed by atoms with Crippen LogP contribution >= 0.6 is 34.8 Å². The second kappa shape index (κ2) is 7.66. The van der Waals surface area contributed by atoms with E-state index in [4.69, 9.17) is 34.8 Å². The number of hydrogen-bond acceptors (Lipinski definition) is 6. The van der Waals surface area contributed by atoms with Crippen LogP contribution in [0.2, 0.25) is 0 Å². The van der Waals surface area contributed by atoms with E-state index in [-0.39, 0.29) is 0 Å². The van der Waals surface area contributed by atoms with Crippen LogP contribution in [0, 0.1) is 0 Å². The van der Waals surface area contributed by atoms with E-state index in [0.29, 0.717) is 6.20 Å². The predicted molar refractivity (Wildman–Crippen MR) is 74.7 cm³/mol. The molecule has 1 heterocycles. The largest absolute Gasteiger partial charge is 0.465 e. The van der Waals surface area contributed by atoms with Gasteiger partial charge in [0.25, 0.3) is 5.91 Å². The normalized spacial score (nSPS) is 10.7. The van der Waals surface area contributed by atoms with Crippen molar-refractivity contribution in [2.75, 3.05) is 12.5 Å². The molecule has 0 aliphatic rings. The summed E-state index contributed by atoms with van der Waals surface area (Å²) in [5.41, 5.74) is 1.39. The van der Waals surface area contributed by atoms with E-state index < -0.39 is 44.8 Å². The number of rotatable bonds is 4. The number of hydrogen-bond donors (Lipinski definition) is 2. The lowest BCUT2D eigenvalue weighted by atomic mass is 10.2. The van der Waals surface area contributed by atoms with Gasteiger partial charge in [-0.1, -0.05) is 34.8 Å². The Morgan fingerprint density at radius 1 is 1.26 bits per heavy atom. The Bertz CT molecular complexity index is 662. The number of aromatic nitrogens is 2. The first-order valence-electron chi connectivity index (χ1n) is 5.37. The minimum absolute atomic E-state index is 0.552. The fourth-order valence-corrected chi connectivity index (χ4v) is 1.39. The second-order valence-corrected chi connectivity index (χ2v) is 4.93. The lowest BCUT2D eigenvalue weighted by molar-refractivity contribution is -0.141. The van der Waals surface area contributed by atoms with Gasteiger partial charge in [0.15, 0.2) is 5.69 Å². The van der Waals surface area contributed by atoms with Crippen LogP contribution in [0.4, 0.5) is 19.1 Å². The number of nitrogens with one attached hydrogen (secondary N) is 2. The highest BCUT2D eigenvalue weighted by Crippen LogP contribution is 2.31. The van der Waals surface area contributed by atoms with E-state index in [9.17, 15) is 22.8 Å². The zero-order chi connectivity index (χ0) is 17.8. The minimum Gasteiger partial charge on any atom is -0.465 e.